The van der Waals surface area contributed by atoms with Gasteiger partial charge in [-0.05, 0) is 45.1 Å². The third-order valence-corrected chi connectivity index (χ3v) is 4.52. The van der Waals surface area contributed by atoms with Gasteiger partial charge in [-0.1, -0.05) is 6.92 Å². The highest BCUT2D eigenvalue weighted by atomic mass is 16.5. The van der Waals surface area contributed by atoms with Gasteiger partial charge >= 0.3 is 0 Å². The van der Waals surface area contributed by atoms with Crippen LogP contribution >= 0.6 is 0 Å². The van der Waals surface area contributed by atoms with Gasteiger partial charge in [0.25, 0.3) is 0 Å². The molecule has 2 atom stereocenters. The van der Waals surface area contributed by atoms with Crippen molar-refractivity contribution in [3.63, 3.8) is 0 Å². The number of nitrogens with one attached hydrogen (secondary N) is 1. The Balaban J connectivity index is 1.74. The zero-order chi connectivity index (χ0) is 13.7. The first-order valence-corrected chi connectivity index (χ1v) is 7.83. The Labute approximate surface area is 116 Å². The predicted molar refractivity (Wildman–Crippen MR) is 76.0 cm³/mol. The van der Waals surface area contributed by atoms with Gasteiger partial charge in [-0.25, -0.2) is 0 Å². The van der Waals surface area contributed by atoms with Gasteiger partial charge in [-0.15, -0.1) is 0 Å². The molecular weight excluding hydrogens is 240 g/mol. The lowest BCUT2D eigenvalue weighted by molar-refractivity contribution is -0.134. The van der Waals surface area contributed by atoms with Crippen LogP contribution in [0.15, 0.2) is 0 Å². The summed E-state index contributed by atoms with van der Waals surface area (Å²) in [5.41, 5.74) is 0. The van der Waals surface area contributed by atoms with E-state index >= 15 is 0 Å². The van der Waals surface area contributed by atoms with Crippen LogP contribution in [0.2, 0.25) is 0 Å². The van der Waals surface area contributed by atoms with Crippen LogP contribution in [-0.4, -0.2) is 49.2 Å². The second-order valence-electron chi connectivity index (χ2n) is 5.92. The summed E-state index contributed by atoms with van der Waals surface area (Å²) in [6, 6.07) is 0.380. The number of piperidine rings is 2. The van der Waals surface area contributed by atoms with Crippen molar-refractivity contribution in [3.8, 4) is 0 Å². The summed E-state index contributed by atoms with van der Waals surface area (Å²) in [7, 11) is 0. The van der Waals surface area contributed by atoms with Crippen molar-refractivity contribution in [3.05, 3.63) is 0 Å². The van der Waals surface area contributed by atoms with Gasteiger partial charge in [0, 0.05) is 32.2 Å². The van der Waals surface area contributed by atoms with Crippen molar-refractivity contribution >= 4 is 5.91 Å². The highest BCUT2D eigenvalue weighted by Gasteiger charge is 2.28. The van der Waals surface area contributed by atoms with E-state index < -0.39 is 0 Å². The maximum Gasteiger partial charge on any atom is 0.224 e. The monoisotopic (exact) mass is 268 g/mol. The van der Waals surface area contributed by atoms with Crippen molar-refractivity contribution in [1.82, 2.24) is 10.2 Å². The summed E-state index contributed by atoms with van der Waals surface area (Å²) >= 11 is 0. The Hall–Kier alpha value is -0.610. The number of carbonyl (C=O) groups excluding carboxylic acids is 1. The third kappa shape index (κ3) is 4.18. The molecule has 19 heavy (non-hydrogen) atoms. The van der Waals surface area contributed by atoms with Crippen molar-refractivity contribution in [1.29, 1.82) is 0 Å². The molecule has 2 saturated heterocycles. The molecule has 1 amide bonds. The minimum Gasteiger partial charge on any atom is -0.378 e. The number of likely N-dealkylation sites (tertiary alicyclic amines) is 1. The molecule has 0 radical (unpaired) electrons. The molecule has 4 heteroatoms. The summed E-state index contributed by atoms with van der Waals surface area (Å²) in [5, 5.41) is 3.50. The van der Waals surface area contributed by atoms with Crippen LogP contribution in [0.25, 0.3) is 0 Å². The standard InChI is InChI=1S/C15H28N2O2/c1-3-19-13-6-9-17(10-7-13)15(18)11-14-12(2)5-4-8-16-14/h12-14,16H,3-11H2,1-2H3. The molecule has 2 heterocycles. The highest BCUT2D eigenvalue weighted by molar-refractivity contribution is 5.77. The zero-order valence-corrected chi connectivity index (χ0v) is 12.4. The molecule has 0 aromatic carbocycles. The van der Waals surface area contributed by atoms with Crippen LogP contribution in [-0.2, 0) is 9.53 Å². The fourth-order valence-electron chi connectivity index (χ4n) is 3.21. The van der Waals surface area contributed by atoms with E-state index in [-0.39, 0.29) is 0 Å². The third-order valence-electron chi connectivity index (χ3n) is 4.52. The van der Waals surface area contributed by atoms with E-state index in [9.17, 15) is 4.79 Å². The lowest BCUT2D eigenvalue weighted by atomic mass is 9.90. The second kappa shape index (κ2) is 7.25. The Morgan fingerprint density at radius 2 is 2.05 bits per heavy atom. The number of nitrogens with zero attached hydrogens (tertiary/aromatic N) is 1. The molecule has 0 spiro atoms. The van der Waals surface area contributed by atoms with Crippen molar-refractivity contribution in [2.45, 2.75) is 58.1 Å². The molecule has 4 nitrogen and oxygen atoms in total. The quantitative estimate of drug-likeness (QED) is 0.845. The highest BCUT2D eigenvalue weighted by Crippen LogP contribution is 2.20. The van der Waals surface area contributed by atoms with Crippen LogP contribution in [0.5, 0.6) is 0 Å². The van der Waals surface area contributed by atoms with Crippen LogP contribution in [0, 0.1) is 5.92 Å². The Bertz CT molecular complexity index is 288. The normalized spacial score (nSPS) is 29.5. The van der Waals surface area contributed by atoms with Gasteiger partial charge in [0.15, 0.2) is 0 Å². The van der Waals surface area contributed by atoms with Crippen molar-refractivity contribution in [2.24, 2.45) is 5.92 Å². The molecule has 2 aliphatic heterocycles. The fraction of sp³-hybridized carbons (Fsp3) is 0.933. The maximum absolute atomic E-state index is 12.3. The Morgan fingerprint density at radius 3 is 2.68 bits per heavy atom. The summed E-state index contributed by atoms with van der Waals surface area (Å²) in [6.45, 7) is 7.87. The van der Waals surface area contributed by atoms with Gasteiger partial charge in [-0.3, -0.25) is 4.79 Å². The van der Waals surface area contributed by atoms with Gasteiger partial charge in [0.05, 0.1) is 6.10 Å². The lowest BCUT2D eigenvalue weighted by Gasteiger charge is -2.35. The smallest absolute Gasteiger partial charge is 0.224 e. The SMILES string of the molecule is CCOC1CCN(C(=O)CC2NCCCC2C)CC1. The first-order chi connectivity index (χ1) is 9.20. The number of amides is 1. The van der Waals surface area contributed by atoms with E-state index in [1.54, 1.807) is 0 Å². The number of ether oxygens (including phenoxy) is 1. The number of carbonyl (C=O) groups is 1. The van der Waals surface area contributed by atoms with E-state index in [0.717, 1.165) is 39.1 Å². The summed E-state index contributed by atoms with van der Waals surface area (Å²) in [4.78, 5) is 14.3. The Kier molecular flexibility index (Phi) is 5.64. The minimum atomic E-state index is 0.321. The van der Waals surface area contributed by atoms with Gasteiger partial charge < -0.3 is 15.0 Å². The summed E-state index contributed by atoms with van der Waals surface area (Å²) < 4.78 is 5.63. The molecule has 2 unspecified atom stereocenters. The van der Waals surface area contributed by atoms with Crippen LogP contribution in [0.1, 0.15) is 46.0 Å². The maximum atomic E-state index is 12.3. The van der Waals surface area contributed by atoms with Gasteiger partial charge in [0.2, 0.25) is 5.91 Å². The van der Waals surface area contributed by atoms with Gasteiger partial charge in [-0.2, -0.15) is 0 Å². The van der Waals surface area contributed by atoms with E-state index in [4.69, 9.17) is 4.74 Å². The van der Waals surface area contributed by atoms with Crippen LogP contribution in [0.4, 0.5) is 0 Å². The lowest BCUT2D eigenvalue weighted by Crippen LogP contribution is -2.47. The number of hydrogen-bond donors (Lipinski definition) is 1. The first-order valence-electron chi connectivity index (χ1n) is 7.83. The van der Waals surface area contributed by atoms with Crippen LogP contribution < -0.4 is 5.32 Å². The average molecular weight is 268 g/mol. The summed E-state index contributed by atoms with van der Waals surface area (Å²) in [5.74, 6) is 0.944. The minimum absolute atomic E-state index is 0.321. The topological polar surface area (TPSA) is 41.6 Å². The molecule has 0 saturated carbocycles. The van der Waals surface area contributed by atoms with E-state index in [1.165, 1.54) is 12.8 Å². The predicted octanol–water partition coefficient (Wildman–Crippen LogP) is 1.79. The molecule has 1 N–H and O–H groups in total. The molecule has 0 aromatic heterocycles. The zero-order valence-electron chi connectivity index (χ0n) is 12.4. The first kappa shape index (κ1) is 14.8. The molecular formula is C15H28N2O2. The largest absolute Gasteiger partial charge is 0.378 e. The number of hydrogen-bond acceptors (Lipinski definition) is 3. The van der Waals surface area contributed by atoms with E-state index in [0.29, 0.717) is 30.4 Å². The van der Waals surface area contributed by atoms with Gasteiger partial charge in [0.1, 0.15) is 0 Å². The van der Waals surface area contributed by atoms with Crippen molar-refractivity contribution in [2.75, 3.05) is 26.2 Å². The van der Waals surface area contributed by atoms with E-state index in [1.807, 2.05) is 11.8 Å². The molecule has 2 fully saturated rings. The molecule has 2 rings (SSSR count). The van der Waals surface area contributed by atoms with Crippen molar-refractivity contribution < 1.29 is 9.53 Å². The molecule has 0 aliphatic carbocycles. The Morgan fingerprint density at radius 1 is 1.32 bits per heavy atom. The summed E-state index contributed by atoms with van der Waals surface area (Å²) in [6.07, 6.45) is 5.50. The average Bonchev–Trinajstić information content (AvgIpc) is 2.42. The second-order valence-corrected chi connectivity index (χ2v) is 5.92. The van der Waals surface area contributed by atoms with Crippen LogP contribution in [0.3, 0.4) is 0 Å². The molecule has 0 aromatic rings. The molecule has 0 bridgehead atoms. The molecule has 2 aliphatic rings. The number of rotatable bonds is 4. The molecule has 110 valence electrons. The van der Waals surface area contributed by atoms with E-state index in [2.05, 4.69) is 12.2 Å². The fourth-order valence-corrected chi connectivity index (χ4v) is 3.21.